The number of benzene rings is 1. The smallest absolute Gasteiger partial charge is 0.252 e. The van der Waals surface area contributed by atoms with Crippen LogP contribution in [0.1, 0.15) is 27.7 Å². The highest BCUT2D eigenvalue weighted by molar-refractivity contribution is 5.94. The molecule has 1 amide bonds. The number of nitrogens with zero attached hydrogens (tertiary/aromatic N) is 2. The number of nitrogens with one attached hydrogen (secondary N) is 2. The highest BCUT2D eigenvalue weighted by atomic mass is 16.1. The van der Waals surface area contributed by atoms with Gasteiger partial charge < -0.3 is 5.32 Å². The summed E-state index contributed by atoms with van der Waals surface area (Å²) in [6, 6.07) is 9.87. The summed E-state index contributed by atoms with van der Waals surface area (Å²) in [6.07, 6.45) is 3.23. The highest BCUT2D eigenvalue weighted by Crippen LogP contribution is 2.10. The Kier molecular flexibility index (Phi) is 3.74. The number of aromatic amines is 1. The van der Waals surface area contributed by atoms with Gasteiger partial charge in [0.15, 0.2) is 6.04 Å². The van der Waals surface area contributed by atoms with E-state index in [4.69, 9.17) is 5.26 Å². The lowest BCUT2D eigenvalue weighted by atomic mass is 10.1. The molecule has 0 aliphatic heterocycles. The number of hydrogen-bond acceptors (Lipinski definition) is 3. The van der Waals surface area contributed by atoms with Crippen molar-refractivity contribution in [3.8, 4) is 6.07 Å². The van der Waals surface area contributed by atoms with E-state index in [-0.39, 0.29) is 5.91 Å². The van der Waals surface area contributed by atoms with Crippen LogP contribution in [-0.4, -0.2) is 16.1 Å². The summed E-state index contributed by atoms with van der Waals surface area (Å²) in [5, 5.41) is 18.1. The lowest BCUT2D eigenvalue weighted by Crippen LogP contribution is -2.27. The average Bonchev–Trinajstić information content (AvgIpc) is 2.98. The van der Waals surface area contributed by atoms with Gasteiger partial charge in [-0.25, -0.2) is 0 Å². The Morgan fingerprint density at radius 3 is 2.68 bits per heavy atom. The molecule has 2 aromatic rings. The number of rotatable bonds is 4. The summed E-state index contributed by atoms with van der Waals surface area (Å²) < 4.78 is 0. The molecule has 94 valence electrons. The van der Waals surface area contributed by atoms with Crippen molar-refractivity contribution in [2.75, 3.05) is 0 Å². The molecule has 5 nitrogen and oxygen atoms in total. The molecule has 0 saturated heterocycles. The molecule has 1 unspecified atom stereocenters. The molecule has 1 heterocycles. The SMILES string of the molecule is C=Cc1ccc(C(=O)NC(C#N)c2ccn[nH]2)cc1. The number of aromatic nitrogens is 2. The monoisotopic (exact) mass is 252 g/mol. The molecule has 19 heavy (non-hydrogen) atoms. The van der Waals surface area contributed by atoms with Gasteiger partial charge in [0.05, 0.1) is 11.8 Å². The molecule has 1 aromatic carbocycles. The molecule has 1 atom stereocenters. The van der Waals surface area contributed by atoms with Crippen LogP contribution in [0, 0.1) is 11.3 Å². The summed E-state index contributed by atoms with van der Waals surface area (Å²) in [5.41, 5.74) is 1.98. The quantitative estimate of drug-likeness (QED) is 0.873. The van der Waals surface area contributed by atoms with E-state index < -0.39 is 6.04 Å². The maximum absolute atomic E-state index is 12.0. The van der Waals surface area contributed by atoms with E-state index in [2.05, 4.69) is 22.1 Å². The lowest BCUT2D eigenvalue weighted by Gasteiger charge is -2.09. The van der Waals surface area contributed by atoms with E-state index >= 15 is 0 Å². The van der Waals surface area contributed by atoms with E-state index in [9.17, 15) is 4.79 Å². The minimum Gasteiger partial charge on any atom is -0.331 e. The van der Waals surface area contributed by atoms with Gasteiger partial charge in [-0.15, -0.1) is 0 Å². The van der Waals surface area contributed by atoms with Gasteiger partial charge in [-0.1, -0.05) is 24.8 Å². The van der Waals surface area contributed by atoms with Crippen molar-refractivity contribution in [2.45, 2.75) is 6.04 Å². The van der Waals surface area contributed by atoms with Gasteiger partial charge in [-0.05, 0) is 23.8 Å². The Balaban J connectivity index is 2.11. The van der Waals surface area contributed by atoms with Crippen LogP contribution in [0.15, 0.2) is 43.1 Å². The Labute approximate surface area is 110 Å². The predicted molar refractivity (Wildman–Crippen MR) is 70.9 cm³/mol. The van der Waals surface area contributed by atoms with Crippen molar-refractivity contribution >= 4 is 12.0 Å². The van der Waals surface area contributed by atoms with E-state index in [1.54, 1.807) is 36.4 Å². The number of amides is 1. The average molecular weight is 252 g/mol. The molecule has 1 aromatic heterocycles. The normalized spacial score (nSPS) is 11.3. The van der Waals surface area contributed by atoms with Crippen molar-refractivity contribution in [1.29, 1.82) is 5.26 Å². The standard InChI is InChI=1S/C14H12N4O/c1-2-10-3-5-11(6-4-10)14(19)17-13(9-15)12-7-8-16-18-12/h2-8,13H,1H2,(H,16,18)(H,17,19). The topological polar surface area (TPSA) is 81.6 Å². The molecular weight excluding hydrogens is 240 g/mol. The fourth-order valence-corrected chi connectivity index (χ4v) is 1.59. The fourth-order valence-electron chi connectivity index (χ4n) is 1.59. The number of carbonyl (C=O) groups is 1. The lowest BCUT2D eigenvalue weighted by molar-refractivity contribution is 0.0944. The number of hydrogen-bond donors (Lipinski definition) is 2. The minimum atomic E-state index is -0.742. The van der Waals surface area contributed by atoms with Crippen LogP contribution < -0.4 is 5.32 Å². The van der Waals surface area contributed by atoms with Crippen molar-refractivity contribution in [2.24, 2.45) is 0 Å². The predicted octanol–water partition coefficient (Wildman–Crippen LogP) is 2.05. The molecule has 0 saturated carbocycles. The summed E-state index contributed by atoms with van der Waals surface area (Å²) in [6.45, 7) is 3.65. The fraction of sp³-hybridized carbons (Fsp3) is 0.0714. The molecule has 0 bridgehead atoms. The van der Waals surface area contributed by atoms with Crippen LogP contribution in [0.5, 0.6) is 0 Å². The van der Waals surface area contributed by atoms with E-state index in [0.29, 0.717) is 11.3 Å². The molecule has 0 aliphatic carbocycles. The molecule has 5 heteroatoms. The molecule has 0 fully saturated rings. The first-order valence-corrected chi connectivity index (χ1v) is 5.67. The second-order valence-corrected chi connectivity index (χ2v) is 3.87. The largest absolute Gasteiger partial charge is 0.331 e. The third-order valence-electron chi connectivity index (χ3n) is 2.65. The van der Waals surface area contributed by atoms with Crippen LogP contribution in [0.25, 0.3) is 6.08 Å². The minimum absolute atomic E-state index is 0.309. The summed E-state index contributed by atoms with van der Waals surface area (Å²) in [4.78, 5) is 12.0. The Bertz CT molecular complexity index is 608. The first-order valence-electron chi connectivity index (χ1n) is 5.67. The van der Waals surface area contributed by atoms with Crippen molar-refractivity contribution < 1.29 is 4.79 Å². The van der Waals surface area contributed by atoms with Gasteiger partial charge in [0.1, 0.15) is 0 Å². The molecule has 0 aliphatic rings. The summed E-state index contributed by atoms with van der Waals surface area (Å²) in [7, 11) is 0. The summed E-state index contributed by atoms with van der Waals surface area (Å²) in [5.74, 6) is -0.309. The zero-order valence-electron chi connectivity index (χ0n) is 10.1. The first kappa shape index (κ1) is 12.6. The van der Waals surface area contributed by atoms with Gasteiger partial charge in [0.25, 0.3) is 5.91 Å². The molecular formula is C14H12N4O. The van der Waals surface area contributed by atoms with Gasteiger partial charge in [0.2, 0.25) is 0 Å². The first-order chi connectivity index (χ1) is 9.24. The zero-order chi connectivity index (χ0) is 13.7. The second kappa shape index (κ2) is 5.65. The number of nitriles is 1. The number of carbonyl (C=O) groups excluding carboxylic acids is 1. The van der Waals surface area contributed by atoms with Crippen LogP contribution in [0.2, 0.25) is 0 Å². The Hall–Kier alpha value is -2.87. The van der Waals surface area contributed by atoms with Crippen LogP contribution in [0.4, 0.5) is 0 Å². The third-order valence-corrected chi connectivity index (χ3v) is 2.65. The Morgan fingerprint density at radius 1 is 1.42 bits per heavy atom. The molecule has 0 radical (unpaired) electrons. The van der Waals surface area contributed by atoms with Crippen LogP contribution in [0.3, 0.4) is 0 Å². The van der Waals surface area contributed by atoms with Gasteiger partial charge in [0, 0.05) is 11.8 Å². The Morgan fingerprint density at radius 2 is 2.16 bits per heavy atom. The van der Waals surface area contributed by atoms with Crippen molar-refractivity contribution in [1.82, 2.24) is 15.5 Å². The maximum Gasteiger partial charge on any atom is 0.252 e. The summed E-state index contributed by atoms with van der Waals surface area (Å²) >= 11 is 0. The molecule has 0 spiro atoms. The zero-order valence-corrected chi connectivity index (χ0v) is 10.1. The van der Waals surface area contributed by atoms with Crippen molar-refractivity contribution in [3.63, 3.8) is 0 Å². The van der Waals surface area contributed by atoms with Gasteiger partial charge >= 0.3 is 0 Å². The maximum atomic E-state index is 12.0. The van der Waals surface area contributed by atoms with Crippen molar-refractivity contribution in [3.05, 3.63) is 59.9 Å². The molecule has 2 N–H and O–H groups in total. The third kappa shape index (κ3) is 2.87. The molecule has 2 rings (SSSR count). The second-order valence-electron chi connectivity index (χ2n) is 3.87. The van der Waals surface area contributed by atoms with E-state index in [1.165, 1.54) is 6.20 Å². The van der Waals surface area contributed by atoms with Gasteiger partial charge in [-0.3, -0.25) is 9.89 Å². The van der Waals surface area contributed by atoms with E-state index in [0.717, 1.165) is 5.56 Å². The van der Waals surface area contributed by atoms with Gasteiger partial charge in [-0.2, -0.15) is 10.4 Å². The van der Waals surface area contributed by atoms with Crippen LogP contribution >= 0.6 is 0 Å². The highest BCUT2D eigenvalue weighted by Gasteiger charge is 2.15. The van der Waals surface area contributed by atoms with Crippen LogP contribution in [-0.2, 0) is 0 Å². The van der Waals surface area contributed by atoms with E-state index in [1.807, 2.05) is 6.07 Å². The number of H-pyrrole nitrogens is 1.